The SMILES string of the molecule is C[C@@H]1C[C@H](O)C(=O)CCC(O)CC(=O)O1. The van der Waals surface area contributed by atoms with E-state index in [1.807, 2.05) is 0 Å². The Morgan fingerprint density at radius 3 is 2.67 bits per heavy atom. The first-order valence-corrected chi connectivity index (χ1v) is 5.07. The molecule has 0 aliphatic carbocycles. The standard InChI is InChI=1S/C10H16O5/c1-6-4-9(13)8(12)3-2-7(11)5-10(14)15-6/h6-7,9,11,13H,2-5H2,1H3/t6-,7?,9+/m1/s1. The summed E-state index contributed by atoms with van der Waals surface area (Å²) in [6.45, 7) is 1.61. The van der Waals surface area contributed by atoms with Gasteiger partial charge in [-0.3, -0.25) is 9.59 Å². The van der Waals surface area contributed by atoms with Crippen LogP contribution in [0.4, 0.5) is 0 Å². The van der Waals surface area contributed by atoms with Crippen molar-refractivity contribution in [1.29, 1.82) is 0 Å². The van der Waals surface area contributed by atoms with Crippen molar-refractivity contribution in [2.45, 2.75) is 50.9 Å². The molecular weight excluding hydrogens is 200 g/mol. The summed E-state index contributed by atoms with van der Waals surface area (Å²) in [4.78, 5) is 22.5. The molecule has 1 fully saturated rings. The van der Waals surface area contributed by atoms with E-state index in [1.165, 1.54) is 0 Å². The topological polar surface area (TPSA) is 83.8 Å². The van der Waals surface area contributed by atoms with E-state index in [9.17, 15) is 19.8 Å². The molecule has 0 aromatic rings. The predicted molar refractivity (Wildman–Crippen MR) is 51.0 cm³/mol. The van der Waals surface area contributed by atoms with Crippen LogP contribution in [0.3, 0.4) is 0 Å². The van der Waals surface area contributed by atoms with Crippen LogP contribution in [0, 0.1) is 0 Å². The van der Waals surface area contributed by atoms with Crippen molar-refractivity contribution in [2.24, 2.45) is 0 Å². The number of carbonyl (C=O) groups is 2. The van der Waals surface area contributed by atoms with Crippen molar-refractivity contribution in [1.82, 2.24) is 0 Å². The van der Waals surface area contributed by atoms with E-state index in [4.69, 9.17) is 4.74 Å². The summed E-state index contributed by atoms with van der Waals surface area (Å²) in [7, 11) is 0. The fourth-order valence-corrected chi connectivity index (χ4v) is 1.54. The highest BCUT2D eigenvalue weighted by Crippen LogP contribution is 2.13. The molecule has 5 heteroatoms. The second kappa shape index (κ2) is 5.23. The molecule has 2 N–H and O–H groups in total. The first-order valence-electron chi connectivity index (χ1n) is 5.07. The van der Waals surface area contributed by atoms with Gasteiger partial charge in [0.05, 0.1) is 12.5 Å². The molecule has 1 heterocycles. The Balaban J connectivity index is 2.63. The number of aliphatic hydroxyl groups excluding tert-OH is 2. The number of Topliss-reactive ketones (excluding diaryl/α,β-unsaturated/α-hetero) is 1. The minimum atomic E-state index is -1.10. The van der Waals surface area contributed by atoms with Gasteiger partial charge < -0.3 is 14.9 Å². The molecule has 0 aromatic heterocycles. The molecule has 1 unspecified atom stereocenters. The van der Waals surface area contributed by atoms with E-state index in [-0.39, 0.29) is 31.5 Å². The molecule has 0 saturated carbocycles. The maximum Gasteiger partial charge on any atom is 0.308 e. The summed E-state index contributed by atoms with van der Waals surface area (Å²) in [5, 5.41) is 18.8. The van der Waals surface area contributed by atoms with Crippen LogP contribution in [0.1, 0.15) is 32.6 Å². The fourth-order valence-electron chi connectivity index (χ4n) is 1.54. The lowest BCUT2D eigenvalue weighted by molar-refractivity contribution is -0.154. The average Bonchev–Trinajstić information content (AvgIpc) is 2.12. The third-order valence-electron chi connectivity index (χ3n) is 2.39. The van der Waals surface area contributed by atoms with Gasteiger partial charge in [0.1, 0.15) is 12.2 Å². The molecule has 0 amide bonds. The summed E-state index contributed by atoms with van der Waals surface area (Å²) < 4.78 is 4.90. The Morgan fingerprint density at radius 2 is 2.00 bits per heavy atom. The van der Waals surface area contributed by atoms with Crippen molar-refractivity contribution in [3.05, 3.63) is 0 Å². The number of cyclic esters (lactones) is 1. The third-order valence-corrected chi connectivity index (χ3v) is 2.39. The van der Waals surface area contributed by atoms with Crippen LogP contribution in [0.5, 0.6) is 0 Å². The Bertz CT molecular complexity index is 250. The normalized spacial score (nSPS) is 34.7. The van der Waals surface area contributed by atoms with Crippen LogP contribution in [0.25, 0.3) is 0 Å². The van der Waals surface area contributed by atoms with Crippen LogP contribution >= 0.6 is 0 Å². The molecule has 1 saturated heterocycles. The highest BCUT2D eigenvalue weighted by atomic mass is 16.5. The summed E-state index contributed by atoms with van der Waals surface area (Å²) >= 11 is 0. The number of esters is 1. The Morgan fingerprint density at radius 1 is 1.33 bits per heavy atom. The Labute approximate surface area is 88.0 Å². The molecule has 86 valence electrons. The van der Waals surface area contributed by atoms with Gasteiger partial charge in [0.15, 0.2) is 5.78 Å². The molecule has 3 atom stereocenters. The zero-order chi connectivity index (χ0) is 11.4. The molecule has 0 aromatic carbocycles. The lowest BCUT2D eigenvalue weighted by Gasteiger charge is -2.20. The maximum absolute atomic E-state index is 11.3. The van der Waals surface area contributed by atoms with Gasteiger partial charge in [0, 0.05) is 12.8 Å². The van der Waals surface area contributed by atoms with E-state index in [0.717, 1.165) is 0 Å². The Hall–Kier alpha value is -0.940. The molecule has 1 rings (SSSR count). The largest absolute Gasteiger partial charge is 0.462 e. The Kier molecular flexibility index (Phi) is 4.23. The van der Waals surface area contributed by atoms with E-state index < -0.39 is 24.3 Å². The van der Waals surface area contributed by atoms with Gasteiger partial charge in [-0.25, -0.2) is 0 Å². The van der Waals surface area contributed by atoms with E-state index in [2.05, 4.69) is 0 Å². The van der Waals surface area contributed by atoms with Gasteiger partial charge in [0.2, 0.25) is 0 Å². The molecule has 15 heavy (non-hydrogen) atoms. The summed E-state index contributed by atoms with van der Waals surface area (Å²) in [5.74, 6) is -0.796. The lowest BCUT2D eigenvalue weighted by Crippen LogP contribution is -2.31. The molecule has 1 aliphatic heterocycles. The maximum atomic E-state index is 11.3. The molecule has 0 spiro atoms. The van der Waals surface area contributed by atoms with Crippen LogP contribution in [-0.4, -0.2) is 40.3 Å². The number of hydrogen-bond acceptors (Lipinski definition) is 5. The van der Waals surface area contributed by atoms with Crippen molar-refractivity contribution in [2.75, 3.05) is 0 Å². The van der Waals surface area contributed by atoms with E-state index in [0.29, 0.717) is 0 Å². The van der Waals surface area contributed by atoms with Gasteiger partial charge in [-0.2, -0.15) is 0 Å². The number of ketones is 1. The highest BCUT2D eigenvalue weighted by molar-refractivity contribution is 5.83. The monoisotopic (exact) mass is 216 g/mol. The van der Waals surface area contributed by atoms with Gasteiger partial charge in [-0.1, -0.05) is 0 Å². The van der Waals surface area contributed by atoms with Crippen LogP contribution in [-0.2, 0) is 14.3 Å². The van der Waals surface area contributed by atoms with Gasteiger partial charge in [-0.05, 0) is 13.3 Å². The summed E-state index contributed by atoms with van der Waals surface area (Å²) in [6.07, 6.45) is -2.13. The minimum absolute atomic E-state index is 0.0896. The van der Waals surface area contributed by atoms with Crippen molar-refractivity contribution in [3.63, 3.8) is 0 Å². The van der Waals surface area contributed by atoms with Crippen molar-refractivity contribution >= 4 is 11.8 Å². The van der Waals surface area contributed by atoms with Crippen LogP contribution < -0.4 is 0 Å². The molecule has 1 aliphatic rings. The van der Waals surface area contributed by atoms with Crippen LogP contribution in [0.2, 0.25) is 0 Å². The van der Waals surface area contributed by atoms with Crippen molar-refractivity contribution in [3.8, 4) is 0 Å². The highest BCUT2D eigenvalue weighted by Gasteiger charge is 2.24. The smallest absolute Gasteiger partial charge is 0.308 e. The minimum Gasteiger partial charge on any atom is -0.462 e. The first kappa shape index (κ1) is 12.1. The average molecular weight is 216 g/mol. The molecule has 5 nitrogen and oxygen atoms in total. The fraction of sp³-hybridized carbons (Fsp3) is 0.800. The second-order valence-corrected chi connectivity index (χ2v) is 3.91. The number of hydrogen-bond donors (Lipinski definition) is 2. The molecule has 0 bridgehead atoms. The van der Waals surface area contributed by atoms with Gasteiger partial charge in [0.25, 0.3) is 0 Å². The van der Waals surface area contributed by atoms with E-state index >= 15 is 0 Å². The summed E-state index contributed by atoms with van der Waals surface area (Å²) in [6, 6.07) is 0. The van der Waals surface area contributed by atoms with Gasteiger partial charge >= 0.3 is 5.97 Å². The van der Waals surface area contributed by atoms with Crippen LogP contribution in [0.15, 0.2) is 0 Å². The predicted octanol–water partition coefficient (Wildman–Crippen LogP) is -0.217. The first-order chi connectivity index (χ1) is 6.99. The summed E-state index contributed by atoms with van der Waals surface area (Å²) in [5.41, 5.74) is 0. The zero-order valence-corrected chi connectivity index (χ0v) is 8.68. The number of ether oxygens (including phenoxy) is 1. The molecule has 0 radical (unpaired) electrons. The van der Waals surface area contributed by atoms with Crippen molar-refractivity contribution < 1.29 is 24.5 Å². The quantitative estimate of drug-likeness (QED) is 0.547. The third kappa shape index (κ3) is 3.97. The lowest BCUT2D eigenvalue weighted by atomic mass is 10.0. The van der Waals surface area contributed by atoms with Gasteiger partial charge in [-0.15, -0.1) is 0 Å². The number of aliphatic hydroxyl groups is 2. The zero-order valence-electron chi connectivity index (χ0n) is 8.68. The number of carbonyl (C=O) groups excluding carboxylic acids is 2. The molecular formula is C10H16O5. The van der Waals surface area contributed by atoms with E-state index in [1.54, 1.807) is 6.92 Å². The second-order valence-electron chi connectivity index (χ2n) is 3.91. The number of rotatable bonds is 0.